The van der Waals surface area contributed by atoms with Gasteiger partial charge in [-0.2, -0.15) is 0 Å². The maximum absolute atomic E-state index is 5.65. The SMILES string of the molecule is CN1C=CC=C/C1=C/P(Cl)Cl. The second kappa shape index (κ2) is 4.15. The number of halogens is 2. The number of nitrogens with zero attached hydrogens (tertiary/aromatic N) is 1. The van der Waals surface area contributed by atoms with Gasteiger partial charge in [0.25, 0.3) is 0 Å². The van der Waals surface area contributed by atoms with Gasteiger partial charge in [-0.1, -0.05) is 28.6 Å². The van der Waals surface area contributed by atoms with Crippen molar-refractivity contribution >= 4 is 29.1 Å². The normalized spacial score (nSPS) is 20.4. The monoisotopic (exact) mass is 207 g/mol. The second-order valence-electron chi connectivity index (χ2n) is 2.12. The van der Waals surface area contributed by atoms with E-state index in [0.717, 1.165) is 5.70 Å². The average molecular weight is 208 g/mol. The highest BCUT2D eigenvalue weighted by atomic mass is 35.9. The standard InChI is InChI=1S/C7H8Cl2NP/c1-10-5-3-2-4-7(10)6-11(8)9/h2-6H,1H3/b7-6-. The summed E-state index contributed by atoms with van der Waals surface area (Å²) in [7, 11) is 1.96. The van der Waals surface area contributed by atoms with Crippen LogP contribution in [-0.2, 0) is 0 Å². The molecule has 0 aromatic heterocycles. The topological polar surface area (TPSA) is 3.24 Å². The van der Waals surface area contributed by atoms with Crippen LogP contribution in [0.4, 0.5) is 0 Å². The van der Waals surface area contributed by atoms with Gasteiger partial charge in [0.2, 0.25) is 0 Å². The van der Waals surface area contributed by atoms with Crippen molar-refractivity contribution in [3.63, 3.8) is 0 Å². The third kappa shape index (κ3) is 2.86. The molecule has 0 saturated carbocycles. The summed E-state index contributed by atoms with van der Waals surface area (Å²) in [6.45, 7) is -0.994. The molecule has 0 amide bonds. The van der Waals surface area contributed by atoms with Crippen LogP contribution in [0, 0.1) is 0 Å². The van der Waals surface area contributed by atoms with Crippen LogP contribution in [-0.4, -0.2) is 11.9 Å². The van der Waals surface area contributed by atoms with Gasteiger partial charge in [0.05, 0.1) is 0 Å². The fraction of sp³-hybridized carbons (Fsp3) is 0.143. The summed E-state index contributed by atoms with van der Waals surface area (Å²) in [5.41, 5.74) is 1.05. The van der Waals surface area contributed by atoms with Crippen LogP contribution in [0.1, 0.15) is 0 Å². The molecule has 1 heterocycles. The van der Waals surface area contributed by atoms with Crippen LogP contribution in [0.5, 0.6) is 0 Å². The van der Waals surface area contributed by atoms with E-state index in [1.807, 2.05) is 42.2 Å². The molecule has 0 aliphatic carbocycles. The molecule has 0 N–H and O–H groups in total. The first-order chi connectivity index (χ1) is 5.20. The first kappa shape index (κ1) is 9.12. The third-order valence-corrected chi connectivity index (χ3v) is 2.37. The van der Waals surface area contributed by atoms with Gasteiger partial charge < -0.3 is 4.90 Å². The first-order valence-corrected chi connectivity index (χ1v) is 6.32. The highest BCUT2D eigenvalue weighted by Gasteiger charge is 2.02. The molecule has 0 bridgehead atoms. The zero-order valence-electron chi connectivity index (χ0n) is 6.04. The minimum absolute atomic E-state index is 0.994. The smallest absolute Gasteiger partial charge is 0.111 e. The predicted molar refractivity (Wildman–Crippen MR) is 52.8 cm³/mol. The van der Waals surface area contributed by atoms with Crippen molar-refractivity contribution in [2.45, 2.75) is 0 Å². The Morgan fingerprint density at radius 3 is 2.73 bits per heavy atom. The van der Waals surface area contributed by atoms with Gasteiger partial charge in [-0.15, -0.1) is 0 Å². The lowest BCUT2D eigenvalue weighted by atomic mass is 10.3. The van der Waals surface area contributed by atoms with Crippen molar-refractivity contribution in [2.75, 3.05) is 7.05 Å². The van der Waals surface area contributed by atoms with E-state index in [-0.39, 0.29) is 0 Å². The molecule has 0 unspecified atom stereocenters. The molecule has 11 heavy (non-hydrogen) atoms. The Balaban J connectivity index is 2.73. The lowest BCUT2D eigenvalue weighted by Gasteiger charge is -2.17. The van der Waals surface area contributed by atoms with Crippen LogP contribution in [0.3, 0.4) is 0 Å². The van der Waals surface area contributed by atoms with Crippen LogP contribution >= 0.6 is 29.1 Å². The number of rotatable bonds is 1. The van der Waals surface area contributed by atoms with E-state index in [4.69, 9.17) is 22.5 Å². The summed E-state index contributed by atoms with van der Waals surface area (Å²) >= 11 is 11.3. The van der Waals surface area contributed by atoms with Gasteiger partial charge in [-0.3, -0.25) is 0 Å². The predicted octanol–water partition coefficient (Wildman–Crippen LogP) is 3.63. The molecule has 0 radical (unpaired) electrons. The average Bonchev–Trinajstić information content (AvgIpc) is 1.93. The maximum atomic E-state index is 5.65. The van der Waals surface area contributed by atoms with Gasteiger partial charge >= 0.3 is 0 Å². The number of allylic oxidation sites excluding steroid dienone is 3. The molecule has 0 aromatic rings. The third-order valence-electron chi connectivity index (χ3n) is 1.32. The molecule has 0 fully saturated rings. The Bertz CT molecular complexity index is 220. The van der Waals surface area contributed by atoms with E-state index < -0.39 is 6.63 Å². The minimum atomic E-state index is -0.994. The van der Waals surface area contributed by atoms with E-state index in [2.05, 4.69) is 0 Å². The Morgan fingerprint density at radius 1 is 1.45 bits per heavy atom. The quantitative estimate of drug-likeness (QED) is 0.594. The van der Waals surface area contributed by atoms with Crippen LogP contribution in [0.25, 0.3) is 0 Å². The van der Waals surface area contributed by atoms with Crippen molar-refractivity contribution in [3.8, 4) is 0 Å². The van der Waals surface area contributed by atoms with Crippen molar-refractivity contribution in [1.29, 1.82) is 0 Å². The Morgan fingerprint density at radius 2 is 2.18 bits per heavy atom. The van der Waals surface area contributed by atoms with E-state index in [1.54, 1.807) is 0 Å². The molecule has 1 aliphatic rings. The summed E-state index contributed by atoms with van der Waals surface area (Å²) in [6.07, 6.45) is 7.85. The Labute approximate surface area is 77.3 Å². The van der Waals surface area contributed by atoms with Gasteiger partial charge in [-0.05, 0) is 18.0 Å². The van der Waals surface area contributed by atoms with E-state index >= 15 is 0 Å². The number of hydrogen-bond donors (Lipinski definition) is 0. The highest BCUT2D eigenvalue weighted by molar-refractivity contribution is 8.06. The fourth-order valence-electron chi connectivity index (χ4n) is 0.771. The largest absolute Gasteiger partial charge is 0.351 e. The maximum Gasteiger partial charge on any atom is 0.111 e. The first-order valence-electron chi connectivity index (χ1n) is 3.10. The summed E-state index contributed by atoms with van der Waals surface area (Å²) < 4.78 is 0. The number of hydrogen-bond acceptors (Lipinski definition) is 1. The molecule has 60 valence electrons. The summed E-state index contributed by atoms with van der Waals surface area (Å²) in [6, 6.07) is 0. The molecule has 1 rings (SSSR count). The molecular weight excluding hydrogens is 200 g/mol. The zero-order valence-corrected chi connectivity index (χ0v) is 8.44. The van der Waals surface area contributed by atoms with E-state index in [1.165, 1.54) is 0 Å². The molecule has 0 aromatic carbocycles. The fourth-order valence-corrected chi connectivity index (χ4v) is 1.84. The van der Waals surface area contributed by atoms with Crippen molar-refractivity contribution in [2.24, 2.45) is 0 Å². The van der Waals surface area contributed by atoms with Gasteiger partial charge in [0, 0.05) is 18.9 Å². The van der Waals surface area contributed by atoms with E-state index in [0.29, 0.717) is 0 Å². The lowest BCUT2D eigenvalue weighted by molar-refractivity contribution is 0.585. The van der Waals surface area contributed by atoms with Gasteiger partial charge in [0.1, 0.15) is 6.63 Å². The molecular formula is C7H8Cl2NP. The highest BCUT2D eigenvalue weighted by Crippen LogP contribution is 2.49. The minimum Gasteiger partial charge on any atom is -0.351 e. The second-order valence-corrected chi connectivity index (χ2v) is 5.61. The van der Waals surface area contributed by atoms with E-state index in [9.17, 15) is 0 Å². The van der Waals surface area contributed by atoms with Gasteiger partial charge in [0.15, 0.2) is 0 Å². The summed E-state index contributed by atoms with van der Waals surface area (Å²) in [5.74, 6) is 1.85. The van der Waals surface area contributed by atoms with Crippen molar-refractivity contribution < 1.29 is 0 Å². The molecule has 1 nitrogen and oxygen atoms in total. The molecule has 4 heteroatoms. The number of likely N-dealkylation sites (N-methyl/N-ethyl adjacent to an activating group) is 1. The lowest BCUT2D eigenvalue weighted by Crippen LogP contribution is -2.09. The van der Waals surface area contributed by atoms with Crippen LogP contribution in [0.15, 0.2) is 35.9 Å². The molecule has 0 atom stereocenters. The van der Waals surface area contributed by atoms with Crippen LogP contribution in [0.2, 0.25) is 0 Å². The Kier molecular flexibility index (Phi) is 3.45. The summed E-state index contributed by atoms with van der Waals surface area (Å²) in [4.78, 5) is 1.97. The van der Waals surface area contributed by atoms with Crippen LogP contribution < -0.4 is 0 Å². The molecule has 1 aliphatic heterocycles. The van der Waals surface area contributed by atoms with Crippen molar-refractivity contribution in [3.05, 3.63) is 35.9 Å². The molecule has 0 spiro atoms. The van der Waals surface area contributed by atoms with Crippen molar-refractivity contribution in [1.82, 2.24) is 4.90 Å². The van der Waals surface area contributed by atoms with Gasteiger partial charge in [-0.25, -0.2) is 0 Å². The molecule has 0 saturated heterocycles. The summed E-state index contributed by atoms with van der Waals surface area (Å²) in [5, 5.41) is 0. The Hall–Kier alpha value is 0.0300. The zero-order chi connectivity index (χ0) is 8.27.